The minimum absolute atomic E-state index is 0.150. The van der Waals surface area contributed by atoms with Gasteiger partial charge in [0.15, 0.2) is 0 Å². The topological polar surface area (TPSA) is 84.4 Å². The molecule has 1 unspecified atom stereocenters. The highest BCUT2D eigenvalue weighted by molar-refractivity contribution is 6.01. The lowest BCUT2D eigenvalue weighted by Gasteiger charge is -2.28. The molecule has 1 aliphatic rings. The summed E-state index contributed by atoms with van der Waals surface area (Å²) in [5.41, 5.74) is 0.752. The van der Waals surface area contributed by atoms with Crippen molar-refractivity contribution in [3.8, 4) is 5.88 Å². The Balaban J connectivity index is 2.16. The molecule has 2 heterocycles. The summed E-state index contributed by atoms with van der Waals surface area (Å²) in [6.07, 6.45) is 2.21. The van der Waals surface area contributed by atoms with Crippen LogP contribution >= 0.6 is 0 Å². The van der Waals surface area contributed by atoms with E-state index in [1.165, 1.54) is 13.4 Å². The van der Waals surface area contributed by atoms with Gasteiger partial charge in [-0.2, -0.15) is 0 Å². The fourth-order valence-electron chi connectivity index (χ4n) is 2.08. The van der Waals surface area contributed by atoms with E-state index in [0.29, 0.717) is 31.1 Å². The molecule has 1 N–H and O–H groups in total. The van der Waals surface area contributed by atoms with E-state index in [2.05, 4.69) is 15.3 Å². The minimum atomic E-state index is -0.444. The van der Waals surface area contributed by atoms with E-state index in [4.69, 9.17) is 4.74 Å². The predicted molar refractivity (Wildman–Crippen MR) is 72.4 cm³/mol. The van der Waals surface area contributed by atoms with Gasteiger partial charge in [-0.05, 0) is 20.3 Å². The van der Waals surface area contributed by atoms with E-state index < -0.39 is 6.04 Å². The molecule has 2 rings (SSSR count). The Morgan fingerprint density at radius 1 is 1.45 bits per heavy atom. The van der Waals surface area contributed by atoms with Crippen LogP contribution in [0.15, 0.2) is 6.33 Å². The normalized spacial score (nSPS) is 19.1. The molecule has 1 aromatic heterocycles. The second kappa shape index (κ2) is 5.85. The number of carbonyl (C=O) groups excluding carboxylic acids is 2. The van der Waals surface area contributed by atoms with Gasteiger partial charge in [0.05, 0.1) is 12.2 Å². The van der Waals surface area contributed by atoms with E-state index in [1.54, 1.807) is 0 Å². The van der Waals surface area contributed by atoms with Crippen LogP contribution in [-0.2, 0) is 9.59 Å². The second-order valence-corrected chi connectivity index (χ2v) is 4.61. The molecule has 7 nitrogen and oxygen atoms in total. The first-order valence-electron chi connectivity index (χ1n) is 6.56. The number of aromatic nitrogens is 2. The van der Waals surface area contributed by atoms with Gasteiger partial charge in [0, 0.05) is 13.5 Å². The first-order valence-corrected chi connectivity index (χ1v) is 6.56. The maximum absolute atomic E-state index is 12.0. The number of anilines is 1. The molecule has 108 valence electrons. The number of ether oxygens (including phenoxy) is 1. The maximum Gasteiger partial charge on any atom is 0.251 e. The smallest absolute Gasteiger partial charge is 0.251 e. The number of rotatable bonds is 4. The standard InChI is InChI=1S/C13H18N4O3/c1-4-20-12-8(2)11(14-7-15-12)16-9-5-6-10(18)17(3)13(9)19/h7,9H,4-6H2,1-3H3,(H,14,15,16). The summed E-state index contributed by atoms with van der Waals surface area (Å²) in [7, 11) is 1.50. The summed E-state index contributed by atoms with van der Waals surface area (Å²) in [6.45, 7) is 4.21. The van der Waals surface area contributed by atoms with Crippen molar-refractivity contribution in [1.29, 1.82) is 0 Å². The lowest BCUT2D eigenvalue weighted by molar-refractivity contribution is -0.146. The van der Waals surface area contributed by atoms with Crippen LogP contribution in [0.2, 0.25) is 0 Å². The van der Waals surface area contributed by atoms with Gasteiger partial charge in [0.1, 0.15) is 18.2 Å². The van der Waals surface area contributed by atoms with Gasteiger partial charge in [-0.15, -0.1) is 0 Å². The van der Waals surface area contributed by atoms with Crippen molar-refractivity contribution >= 4 is 17.6 Å². The van der Waals surface area contributed by atoms with Crippen molar-refractivity contribution in [2.45, 2.75) is 32.7 Å². The number of likely N-dealkylation sites (N-methyl/N-ethyl adjacent to an activating group) is 1. The third-order valence-electron chi connectivity index (χ3n) is 3.28. The summed E-state index contributed by atoms with van der Waals surface area (Å²) in [5, 5.41) is 3.07. The number of piperidine rings is 1. The van der Waals surface area contributed by atoms with E-state index in [0.717, 1.165) is 10.5 Å². The van der Waals surface area contributed by atoms with Crippen LogP contribution in [0, 0.1) is 6.92 Å². The minimum Gasteiger partial charge on any atom is -0.478 e. The second-order valence-electron chi connectivity index (χ2n) is 4.61. The van der Waals surface area contributed by atoms with Gasteiger partial charge in [-0.1, -0.05) is 0 Å². The summed E-state index contributed by atoms with van der Waals surface area (Å²) in [5.74, 6) is 0.668. The highest BCUT2D eigenvalue weighted by Crippen LogP contribution is 2.23. The third-order valence-corrected chi connectivity index (χ3v) is 3.28. The van der Waals surface area contributed by atoms with Crippen LogP contribution in [-0.4, -0.2) is 46.4 Å². The molecule has 20 heavy (non-hydrogen) atoms. The Morgan fingerprint density at radius 3 is 2.90 bits per heavy atom. The van der Waals surface area contributed by atoms with Gasteiger partial charge < -0.3 is 10.1 Å². The number of imide groups is 1. The van der Waals surface area contributed by atoms with E-state index >= 15 is 0 Å². The number of amides is 2. The third kappa shape index (κ3) is 2.71. The Kier molecular flexibility index (Phi) is 4.16. The van der Waals surface area contributed by atoms with E-state index in [9.17, 15) is 9.59 Å². The summed E-state index contributed by atoms with van der Waals surface area (Å²) in [4.78, 5) is 32.8. The molecular weight excluding hydrogens is 260 g/mol. The van der Waals surface area contributed by atoms with E-state index in [-0.39, 0.29) is 11.8 Å². The number of likely N-dealkylation sites (tertiary alicyclic amines) is 1. The molecule has 0 radical (unpaired) electrons. The highest BCUT2D eigenvalue weighted by atomic mass is 16.5. The zero-order chi connectivity index (χ0) is 14.7. The van der Waals surface area contributed by atoms with Crippen LogP contribution < -0.4 is 10.1 Å². The Labute approximate surface area is 117 Å². The molecule has 0 spiro atoms. The molecule has 0 aromatic carbocycles. The molecule has 0 saturated carbocycles. The molecule has 0 bridgehead atoms. The molecule has 1 saturated heterocycles. The van der Waals surface area contributed by atoms with Gasteiger partial charge in [-0.25, -0.2) is 9.97 Å². The molecule has 7 heteroatoms. The largest absolute Gasteiger partial charge is 0.478 e. The maximum atomic E-state index is 12.0. The lowest BCUT2D eigenvalue weighted by atomic mass is 10.0. The molecule has 1 aromatic rings. The van der Waals surface area contributed by atoms with Crippen LogP contribution in [0.1, 0.15) is 25.3 Å². The van der Waals surface area contributed by atoms with Gasteiger partial charge in [0.2, 0.25) is 11.8 Å². The molecular formula is C13H18N4O3. The number of carbonyl (C=O) groups is 2. The highest BCUT2D eigenvalue weighted by Gasteiger charge is 2.32. The summed E-state index contributed by atoms with van der Waals surface area (Å²) in [6, 6.07) is -0.444. The van der Waals surface area contributed by atoms with Crippen LogP contribution in [0.3, 0.4) is 0 Å². The van der Waals surface area contributed by atoms with Crippen LogP contribution in [0.25, 0.3) is 0 Å². The Bertz CT molecular complexity index is 532. The van der Waals surface area contributed by atoms with Crippen LogP contribution in [0.5, 0.6) is 5.88 Å². The summed E-state index contributed by atoms with van der Waals surface area (Å²) >= 11 is 0. The van der Waals surface area contributed by atoms with Crippen molar-refractivity contribution in [3.05, 3.63) is 11.9 Å². The van der Waals surface area contributed by atoms with Crippen molar-refractivity contribution in [2.75, 3.05) is 19.0 Å². The quantitative estimate of drug-likeness (QED) is 0.818. The first-order chi connectivity index (χ1) is 9.54. The predicted octanol–water partition coefficient (Wildman–Crippen LogP) is 0.743. The SMILES string of the molecule is CCOc1ncnc(NC2CCC(=O)N(C)C2=O)c1C. The van der Waals surface area contributed by atoms with Crippen molar-refractivity contribution in [3.63, 3.8) is 0 Å². The van der Waals surface area contributed by atoms with Gasteiger partial charge in [0.25, 0.3) is 5.91 Å². The Hall–Kier alpha value is -2.18. The van der Waals surface area contributed by atoms with Crippen LogP contribution in [0.4, 0.5) is 5.82 Å². The number of nitrogens with one attached hydrogen (secondary N) is 1. The number of nitrogens with zero attached hydrogens (tertiary/aromatic N) is 3. The van der Waals surface area contributed by atoms with Gasteiger partial charge >= 0.3 is 0 Å². The monoisotopic (exact) mass is 278 g/mol. The molecule has 1 aliphatic heterocycles. The average molecular weight is 278 g/mol. The van der Waals surface area contributed by atoms with E-state index in [1.807, 2.05) is 13.8 Å². The van der Waals surface area contributed by atoms with Crippen molar-refractivity contribution in [2.24, 2.45) is 0 Å². The lowest BCUT2D eigenvalue weighted by Crippen LogP contribution is -2.48. The van der Waals surface area contributed by atoms with Gasteiger partial charge in [-0.3, -0.25) is 14.5 Å². The zero-order valence-corrected chi connectivity index (χ0v) is 11.8. The molecule has 1 fully saturated rings. The molecule has 2 amide bonds. The average Bonchev–Trinajstić information content (AvgIpc) is 2.44. The Morgan fingerprint density at radius 2 is 2.20 bits per heavy atom. The van der Waals surface area contributed by atoms with Crippen molar-refractivity contribution in [1.82, 2.24) is 14.9 Å². The van der Waals surface area contributed by atoms with Crippen molar-refractivity contribution < 1.29 is 14.3 Å². The number of hydrogen-bond acceptors (Lipinski definition) is 6. The fraction of sp³-hybridized carbons (Fsp3) is 0.538. The summed E-state index contributed by atoms with van der Waals surface area (Å²) < 4.78 is 5.39. The first kappa shape index (κ1) is 14.2. The molecule has 0 aliphatic carbocycles. The molecule has 1 atom stereocenters. The fourth-order valence-corrected chi connectivity index (χ4v) is 2.08. The number of hydrogen-bond donors (Lipinski definition) is 1. The zero-order valence-electron chi connectivity index (χ0n) is 11.8.